The van der Waals surface area contributed by atoms with E-state index in [-0.39, 0.29) is 35.8 Å². The van der Waals surface area contributed by atoms with Gasteiger partial charge in [0.25, 0.3) is 5.91 Å². The first-order valence-corrected chi connectivity index (χ1v) is 16.6. The first-order chi connectivity index (χ1) is 22.8. The molecular weight excluding hydrogens is 632 g/mol. The van der Waals surface area contributed by atoms with Crippen LogP contribution in [-0.2, 0) is 9.47 Å². The summed E-state index contributed by atoms with van der Waals surface area (Å²) in [6.07, 6.45) is 8.68. The van der Waals surface area contributed by atoms with Crippen LogP contribution in [0.5, 0.6) is 0 Å². The summed E-state index contributed by atoms with van der Waals surface area (Å²) in [6.45, 7) is 6.39. The molecule has 16 heteroatoms. The van der Waals surface area contributed by atoms with E-state index >= 15 is 4.39 Å². The highest BCUT2D eigenvalue weighted by Crippen LogP contribution is 2.36. The summed E-state index contributed by atoms with van der Waals surface area (Å²) in [5.41, 5.74) is 6.07. The number of aromatic nitrogens is 6. The molecule has 0 radical (unpaired) electrons. The zero-order valence-corrected chi connectivity index (χ0v) is 26.9. The third-order valence-electron chi connectivity index (χ3n) is 8.43. The van der Waals surface area contributed by atoms with Crippen LogP contribution >= 0.6 is 11.3 Å². The molecule has 1 saturated carbocycles. The zero-order chi connectivity index (χ0) is 32.9. The molecule has 0 bridgehead atoms. The highest BCUT2D eigenvalue weighted by atomic mass is 32.1. The molecule has 2 N–H and O–H groups in total. The molecule has 1 aliphatic carbocycles. The van der Waals surface area contributed by atoms with E-state index in [2.05, 4.69) is 20.0 Å². The van der Waals surface area contributed by atoms with Gasteiger partial charge in [-0.3, -0.25) is 19.3 Å². The molecule has 1 aliphatic heterocycles. The molecule has 2 fully saturated rings. The number of morpholine rings is 1. The Morgan fingerprint density at radius 1 is 1.11 bits per heavy atom. The van der Waals surface area contributed by atoms with Gasteiger partial charge in [-0.2, -0.15) is 19.3 Å². The number of ether oxygens (including phenoxy) is 2. The molecule has 4 aromatic rings. The van der Waals surface area contributed by atoms with Crippen molar-refractivity contribution in [3.8, 4) is 22.0 Å². The van der Waals surface area contributed by atoms with Gasteiger partial charge in [0.15, 0.2) is 5.82 Å². The lowest BCUT2D eigenvalue weighted by Crippen LogP contribution is -2.40. The van der Waals surface area contributed by atoms with E-state index < -0.39 is 23.7 Å². The van der Waals surface area contributed by atoms with Crippen molar-refractivity contribution in [2.75, 3.05) is 50.9 Å². The Bertz CT molecular complexity index is 1700. The van der Waals surface area contributed by atoms with Crippen molar-refractivity contribution in [1.82, 2.24) is 34.4 Å². The van der Waals surface area contributed by atoms with Crippen LogP contribution in [0.25, 0.3) is 22.0 Å². The van der Waals surface area contributed by atoms with E-state index in [0.717, 1.165) is 50.9 Å². The Kier molecular flexibility index (Phi) is 10.3. The van der Waals surface area contributed by atoms with E-state index in [4.69, 9.17) is 20.3 Å². The van der Waals surface area contributed by atoms with Crippen molar-refractivity contribution in [2.24, 2.45) is 5.73 Å². The summed E-state index contributed by atoms with van der Waals surface area (Å²) in [4.78, 5) is 37.7. The number of hydrogen-bond donors (Lipinski definition) is 1. The van der Waals surface area contributed by atoms with Gasteiger partial charge < -0.3 is 15.2 Å². The molecule has 47 heavy (non-hydrogen) atoms. The van der Waals surface area contributed by atoms with Crippen LogP contribution in [0.3, 0.4) is 0 Å². The summed E-state index contributed by atoms with van der Waals surface area (Å²) >= 11 is 1.20. The van der Waals surface area contributed by atoms with Crippen molar-refractivity contribution < 1.29 is 27.8 Å². The van der Waals surface area contributed by atoms with Crippen LogP contribution in [-0.4, -0.2) is 98.5 Å². The maximum Gasteiger partial charge on any atom is 0.349 e. The highest BCUT2D eigenvalue weighted by molar-refractivity contribution is 7.13. The average molecular weight is 670 g/mol. The third-order valence-corrected chi connectivity index (χ3v) is 9.32. The molecular formula is C31H37F2N9O4S. The normalized spacial score (nSPS) is 18.8. The molecule has 2 amide bonds. The topological polar surface area (TPSA) is 147 Å². The summed E-state index contributed by atoms with van der Waals surface area (Å²) in [6, 6.07) is 1.40. The van der Waals surface area contributed by atoms with Gasteiger partial charge in [-0.1, -0.05) is 0 Å². The summed E-state index contributed by atoms with van der Waals surface area (Å²) in [7, 11) is 0. The standard InChI is InChI=1S/C31H37F2N9O4S/c1-2-46-22-6-4-21(5-7-22)41-18-25(28(38-41)27-23(32)8-9-26(33)37-27)40(11-3-10-39-12-14-45-15-13-39)31(44)42-17-20(16-35-42)30-36-24(19-47-30)29(34)43/h8-9,16-19,21-22H,2-7,10-15H2,1H3,(H2,34,43). The molecule has 0 spiro atoms. The van der Waals surface area contributed by atoms with Crippen LogP contribution in [0, 0.1) is 11.8 Å². The van der Waals surface area contributed by atoms with Crippen molar-refractivity contribution in [2.45, 2.75) is 51.2 Å². The number of hydrogen-bond acceptors (Lipinski definition) is 10. The number of halogens is 2. The SMILES string of the molecule is CCOC1CCC(n2cc(N(CCCN3CCOCC3)C(=O)n3cc(-c4nc(C(N)=O)cs4)cn3)c(-c3nc(F)ccc3F)n2)CC1. The lowest BCUT2D eigenvalue weighted by atomic mass is 9.93. The maximum absolute atomic E-state index is 15.3. The molecule has 1 saturated heterocycles. The number of thiazole rings is 1. The number of primary amides is 1. The van der Waals surface area contributed by atoms with Crippen LogP contribution in [0.2, 0.25) is 0 Å². The number of carbonyl (C=O) groups is 2. The lowest BCUT2D eigenvalue weighted by Gasteiger charge is -2.29. The maximum atomic E-state index is 15.3. The Balaban J connectivity index is 1.36. The van der Waals surface area contributed by atoms with Crippen LogP contribution in [0.15, 0.2) is 36.1 Å². The fourth-order valence-electron chi connectivity index (χ4n) is 6.01. The Labute approximate surface area is 274 Å². The molecule has 0 aromatic carbocycles. The summed E-state index contributed by atoms with van der Waals surface area (Å²) in [5.74, 6) is -2.27. The minimum absolute atomic E-state index is 0.0261. The number of carbonyl (C=O) groups excluding carboxylic acids is 2. The van der Waals surface area contributed by atoms with Crippen molar-refractivity contribution in [1.29, 1.82) is 0 Å². The average Bonchev–Trinajstić information content (AvgIpc) is 3.85. The molecule has 0 atom stereocenters. The fraction of sp³-hybridized carbons (Fsp3) is 0.484. The molecule has 2 aliphatic rings. The number of nitrogens with zero attached hydrogens (tertiary/aromatic N) is 8. The minimum atomic E-state index is -0.861. The van der Waals surface area contributed by atoms with Gasteiger partial charge in [0.1, 0.15) is 22.1 Å². The van der Waals surface area contributed by atoms with E-state index in [1.165, 1.54) is 38.7 Å². The number of anilines is 1. The fourth-order valence-corrected chi connectivity index (χ4v) is 6.79. The van der Waals surface area contributed by atoms with Crippen LogP contribution in [0.1, 0.15) is 55.6 Å². The molecule has 4 aromatic heterocycles. The molecule has 250 valence electrons. The van der Waals surface area contributed by atoms with Crippen molar-refractivity contribution in [3.05, 3.63) is 53.6 Å². The van der Waals surface area contributed by atoms with E-state index in [1.807, 2.05) is 6.92 Å². The molecule has 0 unspecified atom stereocenters. The summed E-state index contributed by atoms with van der Waals surface area (Å²) < 4.78 is 43.9. The minimum Gasteiger partial charge on any atom is -0.379 e. The number of amides is 2. The van der Waals surface area contributed by atoms with Crippen molar-refractivity contribution >= 4 is 29.0 Å². The Morgan fingerprint density at radius 2 is 1.89 bits per heavy atom. The van der Waals surface area contributed by atoms with Gasteiger partial charge in [-0.15, -0.1) is 11.3 Å². The highest BCUT2D eigenvalue weighted by Gasteiger charge is 2.31. The van der Waals surface area contributed by atoms with Crippen molar-refractivity contribution in [3.63, 3.8) is 0 Å². The Morgan fingerprint density at radius 3 is 2.62 bits per heavy atom. The van der Waals surface area contributed by atoms with Gasteiger partial charge in [0.05, 0.1) is 37.2 Å². The largest absolute Gasteiger partial charge is 0.379 e. The van der Waals surface area contributed by atoms with Gasteiger partial charge in [-0.05, 0) is 51.2 Å². The second-order valence-electron chi connectivity index (χ2n) is 11.5. The second kappa shape index (κ2) is 14.8. The van der Waals surface area contributed by atoms with Gasteiger partial charge in [0.2, 0.25) is 5.95 Å². The van der Waals surface area contributed by atoms with E-state index in [0.29, 0.717) is 49.0 Å². The molecule has 5 heterocycles. The predicted molar refractivity (Wildman–Crippen MR) is 170 cm³/mol. The first kappa shape index (κ1) is 32.8. The number of rotatable bonds is 11. The quantitative estimate of drug-likeness (QED) is 0.230. The number of nitrogens with two attached hydrogens (primary N) is 1. The van der Waals surface area contributed by atoms with Gasteiger partial charge in [0, 0.05) is 56.1 Å². The van der Waals surface area contributed by atoms with Gasteiger partial charge in [-0.25, -0.2) is 19.2 Å². The van der Waals surface area contributed by atoms with Crippen LogP contribution in [0.4, 0.5) is 19.3 Å². The third kappa shape index (κ3) is 7.56. The lowest BCUT2D eigenvalue weighted by molar-refractivity contribution is 0.0260. The van der Waals surface area contributed by atoms with E-state index in [1.54, 1.807) is 10.9 Å². The number of pyridine rings is 1. The smallest absolute Gasteiger partial charge is 0.349 e. The summed E-state index contributed by atoms with van der Waals surface area (Å²) in [5, 5.41) is 11.1. The van der Waals surface area contributed by atoms with Gasteiger partial charge >= 0.3 is 6.03 Å². The zero-order valence-electron chi connectivity index (χ0n) is 26.1. The molecule has 13 nitrogen and oxygen atoms in total. The first-order valence-electron chi connectivity index (χ1n) is 15.8. The van der Waals surface area contributed by atoms with Crippen LogP contribution < -0.4 is 10.6 Å². The van der Waals surface area contributed by atoms with E-state index in [9.17, 15) is 14.0 Å². The predicted octanol–water partition coefficient (Wildman–Crippen LogP) is 4.36. The Hall–Kier alpha value is -4.12. The molecule has 6 rings (SSSR count). The second-order valence-corrected chi connectivity index (χ2v) is 12.4. The monoisotopic (exact) mass is 669 g/mol.